The monoisotopic (exact) mass is 367 g/mol. The summed E-state index contributed by atoms with van der Waals surface area (Å²) >= 11 is 1.05. The maximum atomic E-state index is 11.3. The molecule has 1 aliphatic rings. The molecule has 2 atom stereocenters. The summed E-state index contributed by atoms with van der Waals surface area (Å²) in [5.41, 5.74) is 2.40. The number of nitrogens with one attached hydrogen (secondary N) is 1. The zero-order chi connectivity index (χ0) is 17.2. The molecule has 3 N–H and O–H groups in total. The molecule has 0 bridgehead atoms. The number of rotatable bonds is 5. The molecule has 1 saturated heterocycles. The first-order chi connectivity index (χ1) is 11.4. The number of primary sulfonamides is 1. The number of sulfonamides is 1. The molecule has 24 heavy (non-hydrogen) atoms. The van der Waals surface area contributed by atoms with Gasteiger partial charge in [0.15, 0.2) is 9.34 Å². The van der Waals surface area contributed by atoms with Crippen molar-refractivity contribution >= 4 is 26.5 Å². The van der Waals surface area contributed by atoms with E-state index in [9.17, 15) is 8.42 Å². The molecule has 0 saturated carbocycles. The van der Waals surface area contributed by atoms with Crippen LogP contribution in [0.1, 0.15) is 30.1 Å². The molecule has 8 heteroatoms. The minimum Gasteiger partial charge on any atom is -0.373 e. The molecule has 0 spiro atoms. The van der Waals surface area contributed by atoms with Crippen LogP contribution in [0.2, 0.25) is 0 Å². The maximum absolute atomic E-state index is 11.3. The van der Waals surface area contributed by atoms with E-state index in [2.05, 4.69) is 41.5 Å². The van der Waals surface area contributed by atoms with Gasteiger partial charge >= 0.3 is 0 Å². The highest BCUT2D eigenvalue weighted by molar-refractivity contribution is 7.91. The summed E-state index contributed by atoms with van der Waals surface area (Å²) in [4.78, 5) is 4.08. The lowest BCUT2D eigenvalue weighted by atomic mass is 9.89. The quantitative estimate of drug-likeness (QED) is 0.847. The molecule has 2 heterocycles. The lowest BCUT2D eigenvalue weighted by Gasteiger charge is -2.32. The lowest BCUT2D eigenvalue weighted by molar-refractivity contribution is -0.0238. The van der Waals surface area contributed by atoms with Gasteiger partial charge in [-0.2, -0.15) is 0 Å². The molecule has 0 amide bonds. The minimum absolute atomic E-state index is 0.0459. The summed E-state index contributed by atoms with van der Waals surface area (Å²) in [6.07, 6.45) is 3.41. The van der Waals surface area contributed by atoms with Gasteiger partial charge in [-0.25, -0.2) is 18.5 Å². The Balaban J connectivity index is 1.68. The number of benzene rings is 1. The molecule has 2 unspecified atom stereocenters. The third-order valence-electron chi connectivity index (χ3n) is 4.13. The number of aromatic nitrogens is 1. The molecule has 1 aromatic heterocycles. The topological polar surface area (TPSA) is 94.3 Å². The molecule has 2 aromatic rings. The molecule has 1 fully saturated rings. The predicted octanol–water partition coefficient (Wildman–Crippen LogP) is 2.68. The molecule has 1 aromatic carbocycles. The molecular weight excluding hydrogens is 346 g/mol. The summed E-state index contributed by atoms with van der Waals surface area (Å²) in [7, 11) is -3.69. The van der Waals surface area contributed by atoms with E-state index in [0.717, 1.165) is 30.8 Å². The van der Waals surface area contributed by atoms with Gasteiger partial charge in [0.25, 0.3) is 0 Å². The Hall–Kier alpha value is -1.48. The highest BCUT2D eigenvalue weighted by Crippen LogP contribution is 2.34. The van der Waals surface area contributed by atoms with Crippen LogP contribution < -0.4 is 10.5 Å². The number of aryl methyl sites for hydroxylation is 1. The van der Waals surface area contributed by atoms with E-state index >= 15 is 0 Å². The molecule has 3 rings (SSSR count). The van der Waals surface area contributed by atoms with Gasteiger partial charge in [-0.1, -0.05) is 41.2 Å². The van der Waals surface area contributed by atoms with E-state index in [0.29, 0.717) is 17.6 Å². The molecular formula is C16H21N3O3S2. The smallest absolute Gasteiger partial charge is 0.249 e. The van der Waals surface area contributed by atoms with Crippen LogP contribution in [-0.2, 0) is 14.8 Å². The van der Waals surface area contributed by atoms with Crippen molar-refractivity contribution in [3.63, 3.8) is 0 Å². The summed E-state index contributed by atoms with van der Waals surface area (Å²) < 4.78 is 28.7. The summed E-state index contributed by atoms with van der Waals surface area (Å²) in [6.45, 7) is 3.51. The number of ether oxygens (including phenoxy) is 1. The van der Waals surface area contributed by atoms with Crippen molar-refractivity contribution in [1.29, 1.82) is 0 Å². The largest absolute Gasteiger partial charge is 0.373 e. The minimum atomic E-state index is -3.69. The van der Waals surface area contributed by atoms with Crippen LogP contribution in [0.25, 0.3) is 0 Å². The standard InChI is InChI=1S/C16H21N3O3S2/c1-11-4-6-12(7-5-11)15-13(3-2-8-22-15)9-18-16-19-10-14(23-16)24(17,20)21/h4-7,10,13,15H,2-3,8-9H2,1H3,(H,18,19)(H2,17,20,21). The van der Waals surface area contributed by atoms with Crippen molar-refractivity contribution in [3.8, 4) is 0 Å². The normalized spacial score (nSPS) is 21.6. The van der Waals surface area contributed by atoms with Crippen molar-refractivity contribution in [3.05, 3.63) is 41.6 Å². The van der Waals surface area contributed by atoms with E-state index in [4.69, 9.17) is 9.88 Å². The summed E-state index contributed by atoms with van der Waals surface area (Å²) in [5, 5.41) is 8.90. The first kappa shape index (κ1) is 17.3. The second-order valence-corrected chi connectivity index (χ2v) is 8.83. The fourth-order valence-corrected chi connectivity index (χ4v) is 4.33. The Labute approximate surface area is 146 Å². The van der Waals surface area contributed by atoms with Crippen LogP contribution in [0.15, 0.2) is 34.7 Å². The van der Waals surface area contributed by atoms with Crippen LogP contribution in [0.3, 0.4) is 0 Å². The van der Waals surface area contributed by atoms with Crippen molar-refractivity contribution in [2.45, 2.75) is 30.1 Å². The fourth-order valence-electron chi connectivity index (χ4n) is 2.87. The Bertz CT molecular complexity index is 787. The van der Waals surface area contributed by atoms with E-state index in [1.807, 2.05) is 0 Å². The van der Waals surface area contributed by atoms with Crippen molar-refractivity contribution < 1.29 is 13.2 Å². The van der Waals surface area contributed by atoms with Gasteiger partial charge in [0.05, 0.1) is 12.3 Å². The predicted molar refractivity (Wildman–Crippen MR) is 94.6 cm³/mol. The van der Waals surface area contributed by atoms with Crippen molar-refractivity contribution in [2.75, 3.05) is 18.5 Å². The summed E-state index contributed by atoms with van der Waals surface area (Å²) in [5.74, 6) is 0.309. The first-order valence-corrected chi connectivity index (χ1v) is 10.2. The van der Waals surface area contributed by atoms with Crippen LogP contribution in [0.4, 0.5) is 5.13 Å². The molecule has 1 aliphatic heterocycles. The van der Waals surface area contributed by atoms with E-state index in [1.165, 1.54) is 17.3 Å². The van der Waals surface area contributed by atoms with Crippen molar-refractivity contribution in [2.24, 2.45) is 11.1 Å². The third kappa shape index (κ3) is 4.13. The second kappa shape index (κ2) is 7.18. The number of nitrogens with two attached hydrogens (primary N) is 1. The first-order valence-electron chi connectivity index (χ1n) is 7.84. The average Bonchev–Trinajstić information content (AvgIpc) is 3.03. The maximum Gasteiger partial charge on any atom is 0.249 e. The van der Waals surface area contributed by atoms with Gasteiger partial charge in [0.1, 0.15) is 0 Å². The van der Waals surface area contributed by atoms with Gasteiger partial charge < -0.3 is 10.1 Å². The number of nitrogens with zero attached hydrogens (tertiary/aromatic N) is 1. The Morgan fingerprint density at radius 3 is 2.79 bits per heavy atom. The highest BCUT2D eigenvalue weighted by atomic mass is 32.2. The van der Waals surface area contributed by atoms with Crippen molar-refractivity contribution in [1.82, 2.24) is 4.98 Å². The van der Waals surface area contributed by atoms with Gasteiger partial charge in [-0.05, 0) is 25.3 Å². The van der Waals surface area contributed by atoms with E-state index in [-0.39, 0.29) is 10.3 Å². The van der Waals surface area contributed by atoms with E-state index < -0.39 is 10.0 Å². The zero-order valence-corrected chi connectivity index (χ0v) is 15.1. The number of anilines is 1. The average molecular weight is 367 g/mol. The Morgan fingerprint density at radius 2 is 2.12 bits per heavy atom. The van der Waals surface area contributed by atoms with Gasteiger partial charge in [-0.3, -0.25) is 0 Å². The van der Waals surface area contributed by atoms with Gasteiger partial charge in [0, 0.05) is 19.1 Å². The van der Waals surface area contributed by atoms with E-state index in [1.54, 1.807) is 0 Å². The molecule has 130 valence electrons. The molecule has 0 aliphatic carbocycles. The van der Waals surface area contributed by atoms with Gasteiger partial charge in [0.2, 0.25) is 10.0 Å². The molecule has 6 nitrogen and oxygen atoms in total. The second-order valence-electron chi connectivity index (χ2n) is 6.01. The fraction of sp³-hybridized carbons (Fsp3) is 0.438. The molecule has 0 radical (unpaired) electrons. The van der Waals surface area contributed by atoms with Gasteiger partial charge in [-0.15, -0.1) is 0 Å². The van der Waals surface area contributed by atoms with Crippen LogP contribution in [0, 0.1) is 12.8 Å². The lowest BCUT2D eigenvalue weighted by Crippen LogP contribution is -2.28. The Kier molecular flexibility index (Phi) is 5.19. The van der Waals surface area contributed by atoms with Crippen LogP contribution in [-0.4, -0.2) is 26.6 Å². The Morgan fingerprint density at radius 1 is 1.38 bits per heavy atom. The van der Waals surface area contributed by atoms with Crippen LogP contribution >= 0.6 is 11.3 Å². The summed E-state index contributed by atoms with van der Waals surface area (Å²) in [6, 6.07) is 8.41. The SMILES string of the molecule is Cc1ccc(C2OCCCC2CNc2ncc(S(N)(=O)=O)s2)cc1. The zero-order valence-electron chi connectivity index (χ0n) is 13.4. The van der Waals surface area contributed by atoms with Crippen LogP contribution in [0.5, 0.6) is 0 Å². The third-order valence-corrected chi connectivity index (χ3v) is 6.49. The number of thiazole rings is 1. The highest BCUT2D eigenvalue weighted by Gasteiger charge is 2.27. The number of hydrogen-bond donors (Lipinski definition) is 2. The number of hydrogen-bond acceptors (Lipinski definition) is 6.